The molecule has 1 amide bonds. The Morgan fingerprint density at radius 3 is 2.89 bits per heavy atom. The molecule has 0 spiro atoms. The summed E-state index contributed by atoms with van der Waals surface area (Å²) >= 11 is 0. The van der Waals surface area contributed by atoms with Crippen LogP contribution in [0.5, 0.6) is 0 Å². The Labute approximate surface area is 116 Å². The molecule has 3 nitrogen and oxygen atoms in total. The lowest BCUT2D eigenvalue weighted by Crippen LogP contribution is -2.29. The first-order valence-corrected chi connectivity index (χ1v) is 7.25. The van der Waals surface area contributed by atoms with Gasteiger partial charge in [0.05, 0.1) is 5.56 Å². The fourth-order valence-electron chi connectivity index (χ4n) is 2.54. The van der Waals surface area contributed by atoms with Crippen LogP contribution in [-0.2, 0) is 0 Å². The molecular formula is C16H24N2O. The van der Waals surface area contributed by atoms with Crippen LogP contribution >= 0.6 is 0 Å². The first kappa shape index (κ1) is 13.9. The SMILES string of the molecule is CCCNc1ccc(C)cc1C(=O)N1CCC(C)C1. The summed E-state index contributed by atoms with van der Waals surface area (Å²) in [5.41, 5.74) is 2.93. The molecule has 1 atom stereocenters. The molecule has 1 unspecified atom stereocenters. The van der Waals surface area contributed by atoms with Gasteiger partial charge in [-0.15, -0.1) is 0 Å². The number of rotatable bonds is 4. The van der Waals surface area contributed by atoms with E-state index in [0.29, 0.717) is 5.92 Å². The molecule has 1 saturated heterocycles. The Morgan fingerprint density at radius 2 is 2.26 bits per heavy atom. The number of anilines is 1. The van der Waals surface area contributed by atoms with E-state index in [-0.39, 0.29) is 5.91 Å². The number of benzene rings is 1. The first-order valence-electron chi connectivity index (χ1n) is 7.25. The highest BCUT2D eigenvalue weighted by atomic mass is 16.2. The molecule has 1 aromatic carbocycles. The van der Waals surface area contributed by atoms with Crippen molar-refractivity contribution in [2.45, 2.75) is 33.6 Å². The van der Waals surface area contributed by atoms with Crippen LogP contribution in [0.25, 0.3) is 0 Å². The van der Waals surface area contributed by atoms with Gasteiger partial charge < -0.3 is 10.2 Å². The summed E-state index contributed by atoms with van der Waals surface area (Å²) in [6.07, 6.45) is 2.18. The molecule has 1 aromatic rings. The number of aryl methyl sites for hydroxylation is 1. The van der Waals surface area contributed by atoms with E-state index in [0.717, 1.165) is 49.3 Å². The Hall–Kier alpha value is -1.51. The molecule has 1 aliphatic heterocycles. The Morgan fingerprint density at radius 1 is 1.47 bits per heavy atom. The molecule has 0 aliphatic carbocycles. The number of carbonyl (C=O) groups excluding carboxylic acids is 1. The second-order valence-electron chi connectivity index (χ2n) is 5.62. The van der Waals surface area contributed by atoms with Gasteiger partial charge in [0, 0.05) is 25.3 Å². The second kappa shape index (κ2) is 6.09. The molecule has 1 fully saturated rings. The predicted octanol–water partition coefficient (Wildman–Crippen LogP) is 3.30. The summed E-state index contributed by atoms with van der Waals surface area (Å²) in [7, 11) is 0. The maximum atomic E-state index is 12.6. The minimum atomic E-state index is 0.173. The third-order valence-corrected chi connectivity index (χ3v) is 3.68. The van der Waals surface area contributed by atoms with Gasteiger partial charge in [0.2, 0.25) is 0 Å². The molecule has 0 radical (unpaired) electrons. The Bertz CT molecular complexity index is 456. The van der Waals surface area contributed by atoms with E-state index < -0.39 is 0 Å². The van der Waals surface area contributed by atoms with Crippen molar-refractivity contribution in [3.8, 4) is 0 Å². The summed E-state index contributed by atoms with van der Waals surface area (Å²) in [4.78, 5) is 14.6. The molecule has 104 valence electrons. The molecular weight excluding hydrogens is 236 g/mol. The van der Waals surface area contributed by atoms with Gasteiger partial charge in [-0.05, 0) is 37.8 Å². The zero-order chi connectivity index (χ0) is 13.8. The monoisotopic (exact) mass is 260 g/mol. The van der Waals surface area contributed by atoms with Gasteiger partial charge in [-0.1, -0.05) is 25.5 Å². The average molecular weight is 260 g/mol. The zero-order valence-corrected chi connectivity index (χ0v) is 12.2. The zero-order valence-electron chi connectivity index (χ0n) is 12.2. The van der Waals surface area contributed by atoms with E-state index in [1.807, 2.05) is 24.0 Å². The van der Waals surface area contributed by atoms with Gasteiger partial charge in [0.1, 0.15) is 0 Å². The number of nitrogens with zero attached hydrogens (tertiary/aromatic N) is 1. The number of hydrogen-bond acceptors (Lipinski definition) is 2. The lowest BCUT2D eigenvalue weighted by Gasteiger charge is -2.19. The molecule has 19 heavy (non-hydrogen) atoms. The van der Waals surface area contributed by atoms with Crippen molar-refractivity contribution >= 4 is 11.6 Å². The van der Waals surface area contributed by atoms with Crippen molar-refractivity contribution in [2.24, 2.45) is 5.92 Å². The minimum absolute atomic E-state index is 0.173. The number of likely N-dealkylation sites (tertiary alicyclic amines) is 1. The first-order chi connectivity index (χ1) is 9.11. The normalized spacial score (nSPS) is 18.7. The molecule has 3 heteroatoms. The average Bonchev–Trinajstić information content (AvgIpc) is 2.83. The van der Waals surface area contributed by atoms with Crippen LogP contribution in [-0.4, -0.2) is 30.4 Å². The summed E-state index contributed by atoms with van der Waals surface area (Å²) < 4.78 is 0. The summed E-state index contributed by atoms with van der Waals surface area (Å²) in [6.45, 7) is 9.05. The smallest absolute Gasteiger partial charge is 0.255 e. The third-order valence-electron chi connectivity index (χ3n) is 3.68. The number of carbonyl (C=O) groups is 1. The topological polar surface area (TPSA) is 32.3 Å². The van der Waals surface area contributed by atoms with Crippen LogP contribution in [0.3, 0.4) is 0 Å². The van der Waals surface area contributed by atoms with Crippen LogP contribution in [0.2, 0.25) is 0 Å². The van der Waals surface area contributed by atoms with Crippen molar-refractivity contribution < 1.29 is 4.79 Å². The number of amides is 1. The highest BCUT2D eigenvalue weighted by Crippen LogP contribution is 2.23. The van der Waals surface area contributed by atoms with Gasteiger partial charge in [-0.2, -0.15) is 0 Å². The summed E-state index contributed by atoms with van der Waals surface area (Å²) in [5.74, 6) is 0.799. The summed E-state index contributed by atoms with van der Waals surface area (Å²) in [6, 6.07) is 6.09. The van der Waals surface area contributed by atoms with Gasteiger partial charge >= 0.3 is 0 Å². The molecule has 0 saturated carbocycles. The van der Waals surface area contributed by atoms with Gasteiger partial charge in [-0.25, -0.2) is 0 Å². The lowest BCUT2D eigenvalue weighted by atomic mass is 10.1. The number of nitrogens with one attached hydrogen (secondary N) is 1. The molecule has 1 aliphatic rings. The Balaban J connectivity index is 2.21. The van der Waals surface area contributed by atoms with Crippen LogP contribution < -0.4 is 5.32 Å². The van der Waals surface area contributed by atoms with Crippen molar-refractivity contribution in [3.63, 3.8) is 0 Å². The molecule has 1 N–H and O–H groups in total. The van der Waals surface area contributed by atoms with Gasteiger partial charge in [-0.3, -0.25) is 4.79 Å². The van der Waals surface area contributed by atoms with Gasteiger partial charge in [0.15, 0.2) is 0 Å². The van der Waals surface area contributed by atoms with Crippen molar-refractivity contribution in [3.05, 3.63) is 29.3 Å². The molecule has 0 aromatic heterocycles. The lowest BCUT2D eigenvalue weighted by molar-refractivity contribution is 0.0789. The van der Waals surface area contributed by atoms with E-state index in [9.17, 15) is 4.79 Å². The quantitative estimate of drug-likeness (QED) is 0.901. The van der Waals surface area contributed by atoms with Crippen molar-refractivity contribution in [2.75, 3.05) is 25.0 Å². The summed E-state index contributed by atoms with van der Waals surface area (Å²) in [5, 5.41) is 3.36. The molecule has 0 bridgehead atoms. The van der Waals surface area contributed by atoms with E-state index in [1.165, 1.54) is 0 Å². The predicted molar refractivity (Wildman–Crippen MR) is 79.6 cm³/mol. The van der Waals surface area contributed by atoms with E-state index in [2.05, 4.69) is 25.2 Å². The standard InChI is InChI=1S/C16H24N2O/c1-4-8-17-15-6-5-12(2)10-14(15)16(19)18-9-7-13(3)11-18/h5-6,10,13,17H,4,7-9,11H2,1-3H3. The molecule has 2 rings (SSSR count). The highest BCUT2D eigenvalue weighted by molar-refractivity contribution is 6.00. The van der Waals surface area contributed by atoms with E-state index in [1.54, 1.807) is 0 Å². The van der Waals surface area contributed by atoms with E-state index >= 15 is 0 Å². The maximum Gasteiger partial charge on any atom is 0.255 e. The Kier molecular flexibility index (Phi) is 4.46. The van der Waals surface area contributed by atoms with Crippen molar-refractivity contribution in [1.29, 1.82) is 0 Å². The fraction of sp³-hybridized carbons (Fsp3) is 0.562. The second-order valence-corrected chi connectivity index (χ2v) is 5.62. The van der Waals surface area contributed by atoms with Crippen LogP contribution in [0.1, 0.15) is 42.6 Å². The van der Waals surface area contributed by atoms with Crippen LogP contribution in [0.15, 0.2) is 18.2 Å². The largest absolute Gasteiger partial charge is 0.384 e. The maximum absolute atomic E-state index is 12.6. The highest BCUT2D eigenvalue weighted by Gasteiger charge is 2.25. The van der Waals surface area contributed by atoms with Crippen molar-refractivity contribution in [1.82, 2.24) is 4.90 Å². The van der Waals surface area contributed by atoms with Crippen LogP contribution in [0, 0.1) is 12.8 Å². The third kappa shape index (κ3) is 3.28. The number of hydrogen-bond donors (Lipinski definition) is 1. The minimum Gasteiger partial charge on any atom is -0.384 e. The fourth-order valence-corrected chi connectivity index (χ4v) is 2.54. The van der Waals surface area contributed by atoms with E-state index in [4.69, 9.17) is 0 Å². The molecule has 1 heterocycles. The van der Waals surface area contributed by atoms with Gasteiger partial charge in [0.25, 0.3) is 5.91 Å². The van der Waals surface area contributed by atoms with Crippen LogP contribution in [0.4, 0.5) is 5.69 Å².